The summed E-state index contributed by atoms with van der Waals surface area (Å²) in [6.07, 6.45) is 3.56. The van der Waals surface area contributed by atoms with Crippen LogP contribution < -0.4 is 0 Å². The van der Waals surface area contributed by atoms with Gasteiger partial charge >= 0.3 is 39.3 Å². The van der Waals surface area contributed by atoms with Gasteiger partial charge in [-0.25, -0.2) is 0 Å². The summed E-state index contributed by atoms with van der Waals surface area (Å²) in [7, 11) is 1.25. The summed E-state index contributed by atoms with van der Waals surface area (Å²) in [5.41, 5.74) is 9.41. The second kappa shape index (κ2) is 11.1. The Labute approximate surface area is 171 Å². The van der Waals surface area contributed by atoms with E-state index in [1.54, 1.807) is 12.4 Å². The monoisotopic (exact) mass is 508 g/mol. The van der Waals surface area contributed by atoms with Gasteiger partial charge in [-0.05, 0) is 63.8 Å². The molecule has 0 unspecified atom stereocenters. The first-order valence-corrected chi connectivity index (χ1v) is 12.7. The molecule has 138 valence electrons. The first-order valence-electron chi connectivity index (χ1n) is 7.85. The van der Waals surface area contributed by atoms with E-state index in [0.717, 1.165) is 11.4 Å². The van der Waals surface area contributed by atoms with Crippen LogP contribution in [0.25, 0.3) is 0 Å². The molecule has 5 heteroatoms. The second-order valence-corrected chi connectivity index (χ2v) is 11.1. The topological polar surface area (TPSA) is 24.7 Å². The van der Waals surface area contributed by atoms with Crippen molar-refractivity contribution in [1.29, 1.82) is 0 Å². The fourth-order valence-electron chi connectivity index (χ4n) is 2.97. The fraction of sp³-hybridized carbons (Fsp3) is 0.300. The van der Waals surface area contributed by atoms with Gasteiger partial charge in [-0.15, -0.1) is 0 Å². The molecule has 25 heavy (non-hydrogen) atoms. The average Bonchev–Trinajstić information content (AvgIpc) is 2.48. The third kappa shape index (κ3) is 7.17. The van der Waals surface area contributed by atoms with Crippen LogP contribution in [-0.2, 0) is 10.9 Å². The zero-order valence-electron chi connectivity index (χ0n) is 15.4. The molecule has 0 amide bonds. The maximum absolute atomic E-state index is 4.56. The molecule has 0 aliphatic rings. The van der Waals surface area contributed by atoms with Gasteiger partial charge in [0.1, 0.15) is 0 Å². The van der Waals surface area contributed by atoms with Crippen molar-refractivity contribution in [2.75, 3.05) is 0 Å². The van der Waals surface area contributed by atoms with Gasteiger partial charge in [-0.2, -0.15) is 0 Å². The SMILES string of the molecule is Cc1cc(C)c(N=CC=Nc2c(C)cc(C)cc2C)c(C)c1.[Br][Ni][Br]. The van der Waals surface area contributed by atoms with E-state index >= 15 is 0 Å². The van der Waals surface area contributed by atoms with Crippen LogP contribution in [0.5, 0.6) is 0 Å². The van der Waals surface area contributed by atoms with Crippen LogP contribution in [0, 0.1) is 41.5 Å². The Bertz CT molecular complexity index is 672. The Balaban J connectivity index is 0.000000970. The van der Waals surface area contributed by atoms with Crippen molar-refractivity contribution in [2.24, 2.45) is 9.98 Å². The van der Waals surface area contributed by atoms with E-state index in [0.29, 0.717) is 0 Å². The predicted octanol–water partition coefficient (Wildman–Crippen LogP) is 7.33. The molecular weight excluding hydrogens is 487 g/mol. The van der Waals surface area contributed by atoms with Gasteiger partial charge in [0, 0.05) is 12.4 Å². The summed E-state index contributed by atoms with van der Waals surface area (Å²) >= 11 is 6.00. The third-order valence-corrected chi connectivity index (χ3v) is 3.74. The molecule has 0 heterocycles. The third-order valence-electron chi connectivity index (χ3n) is 3.74. The number of aliphatic imine (C=N–C) groups is 2. The number of benzene rings is 2. The molecule has 0 saturated heterocycles. The number of nitrogens with zero attached hydrogens (tertiary/aromatic N) is 2. The summed E-state index contributed by atoms with van der Waals surface area (Å²) in [5, 5.41) is 0. The van der Waals surface area contributed by atoms with Crippen molar-refractivity contribution < 1.29 is 10.9 Å². The van der Waals surface area contributed by atoms with Crippen LogP contribution in [-0.4, -0.2) is 12.4 Å². The van der Waals surface area contributed by atoms with Gasteiger partial charge in [-0.3, -0.25) is 9.98 Å². The Morgan fingerprint density at radius 3 is 1.12 bits per heavy atom. The van der Waals surface area contributed by atoms with Crippen LogP contribution in [0.3, 0.4) is 0 Å². The Kier molecular flexibility index (Phi) is 9.85. The first kappa shape index (κ1) is 22.3. The van der Waals surface area contributed by atoms with Crippen molar-refractivity contribution in [2.45, 2.75) is 41.5 Å². The molecular formula is C20H24Br2N2Ni. The maximum atomic E-state index is 4.56. The summed E-state index contributed by atoms with van der Waals surface area (Å²) < 4.78 is 0. The molecule has 2 rings (SSSR count). The fourth-order valence-corrected chi connectivity index (χ4v) is 2.97. The molecule has 0 bridgehead atoms. The van der Waals surface area contributed by atoms with Crippen LogP contribution in [0.1, 0.15) is 33.4 Å². The van der Waals surface area contributed by atoms with Gasteiger partial charge < -0.3 is 0 Å². The summed E-state index contributed by atoms with van der Waals surface area (Å²) in [4.78, 5) is 9.13. The zero-order valence-corrected chi connectivity index (χ0v) is 19.6. The quantitative estimate of drug-likeness (QED) is 0.305. The van der Waals surface area contributed by atoms with Gasteiger partial charge in [0.15, 0.2) is 0 Å². The number of aryl methyl sites for hydroxylation is 6. The van der Waals surface area contributed by atoms with Gasteiger partial charge in [-0.1, -0.05) is 35.4 Å². The van der Waals surface area contributed by atoms with E-state index < -0.39 is 0 Å². The van der Waals surface area contributed by atoms with Crippen LogP contribution in [0.4, 0.5) is 11.4 Å². The molecule has 2 aromatic rings. The summed E-state index contributed by atoms with van der Waals surface area (Å²) in [5.74, 6) is 0. The van der Waals surface area contributed by atoms with Crippen molar-refractivity contribution in [1.82, 2.24) is 0 Å². The number of hydrogen-bond donors (Lipinski definition) is 0. The minimum atomic E-state index is 1.04. The van der Waals surface area contributed by atoms with E-state index in [2.05, 4.69) is 104 Å². The van der Waals surface area contributed by atoms with Gasteiger partial charge in [0.25, 0.3) is 0 Å². The standard InChI is InChI=1S/C20H24N2.2BrH.Ni/c1-13-9-15(3)19(16(4)10-13)21-7-8-22-20-17(5)11-14(2)12-18(20)6;;;/h7-12H,1-6H3;2*1H;/q;;;+2/p-2. The van der Waals surface area contributed by atoms with Crippen molar-refractivity contribution in [3.05, 3.63) is 57.6 Å². The Hall–Kier alpha value is -0.766. The van der Waals surface area contributed by atoms with E-state index in [1.807, 2.05) is 0 Å². The Morgan fingerprint density at radius 2 is 0.880 bits per heavy atom. The van der Waals surface area contributed by atoms with E-state index in [-0.39, 0.29) is 0 Å². The van der Waals surface area contributed by atoms with Crippen LogP contribution in [0.15, 0.2) is 34.3 Å². The number of halogens is 2. The second-order valence-electron chi connectivity index (χ2n) is 6.10. The van der Waals surface area contributed by atoms with Crippen molar-refractivity contribution >= 4 is 52.3 Å². The molecule has 0 aromatic heterocycles. The van der Waals surface area contributed by atoms with Crippen LogP contribution >= 0.6 is 28.5 Å². The minimum absolute atomic E-state index is 1.04. The molecule has 0 spiro atoms. The molecule has 0 N–H and O–H groups in total. The zero-order chi connectivity index (χ0) is 19.0. The molecule has 0 aliphatic carbocycles. The normalized spacial score (nSPS) is 11.2. The van der Waals surface area contributed by atoms with Crippen molar-refractivity contribution in [3.8, 4) is 0 Å². The van der Waals surface area contributed by atoms with E-state index in [9.17, 15) is 0 Å². The molecule has 2 nitrogen and oxygen atoms in total. The summed E-state index contributed by atoms with van der Waals surface area (Å²) in [6.45, 7) is 12.6. The molecule has 0 aliphatic heterocycles. The molecule has 2 aromatic carbocycles. The van der Waals surface area contributed by atoms with Gasteiger partial charge in [0.05, 0.1) is 11.4 Å². The van der Waals surface area contributed by atoms with Crippen LogP contribution in [0.2, 0.25) is 0 Å². The van der Waals surface area contributed by atoms with E-state index in [4.69, 9.17) is 0 Å². The summed E-state index contributed by atoms with van der Waals surface area (Å²) in [6, 6.07) is 8.63. The van der Waals surface area contributed by atoms with E-state index in [1.165, 1.54) is 44.3 Å². The Morgan fingerprint density at radius 1 is 0.640 bits per heavy atom. The average molecular weight is 511 g/mol. The predicted molar refractivity (Wildman–Crippen MR) is 115 cm³/mol. The molecule has 0 radical (unpaired) electrons. The van der Waals surface area contributed by atoms with Crippen molar-refractivity contribution in [3.63, 3.8) is 0 Å². The first-order chi connectivity index (χ1) is 11.8. The molecule has 0 saturated carbocycles. The molecule has 0 fully saturated rings. The number of hydrogen-bond acceptors (Lipinski definition) is 2. The number of rotatable bonds is 3. The molecule has 0 atom stereocenters. The van der Waals surface area contributed by atoms with Gasteiger partial charge in [0.2, 0.25) is 0 Å².